The number of nitro groups is 1. The van der Waals surface area contributed by atoms with Crippen molar-refractivity contribution >= 4 is 38.6 Å². The molecule has 1 aromatic heterocycles. The van der Waals surface area contributed by atoms with Crippen LogP contribution in [0, 0.1) is 10.1 Å². The van der Waals surface area contributed by atoms with E-state index in [0.29, 0.717) is 21.8 Å². The molecule has 0 saturated carbocycles. The lowest BCUT2D eigenvalue weighted by Gasteiger charge is -2.13. The van der Waals surface area contributed by atoms with Gasteiger partial charge in [0, 0.05) is 23.0 Å². The van der Waals surface area contributed by atoms with Gasteiger partial charge in [-0.2, -0.15) is 0 Å². The Kier molecular flexibility index (Phi) is 4.04. The van der Waals surface area contributed by atoms with Gasteiger partial charge in [-0.25, -0.2) is 4.98 Å². The van der Waals surface area contributed by atoms with Gasteiger partial charge < -0.3 is 10.3 Å². The van der Waals surface area contributed by atoms with E-state index in [0.717, 1.165) is 6.42 Å². The molecular formula is C12H15BrN4O2. The molecule has 2 unspecified atom stereocenters. The number of hydrogen-bond acceptors (Lipinski definition) is 4. The van der Waals surface area contributed by atoms with Crippen LogP contribution in [0.3, 0.4) is 0 Å². The van der Waals surface area contributed by atoms with Crippen LogP contribution in [0.5, 0.6) is 0 Å². The van der Waals surface area contributed by atoms with Gasteiger partial charge in [0.1, 0.15) is 0 Å². The highest BCUT2D eigenvalue weighted by Gasteiger charge is 2.11. The topological polar surface area (TPSA) is 83.8 Å². The number of anilines is 1. The zero-order chi connectivity index (χ0) is 14.0. The van der Waals surface area contributed by atoms with E-state index < -0.39 is 4.92 Å². The number of halogens is 1. The summed E-state index contributed by atoms with van der Waals surface area (Å²) in [6, 6.07) is 4.85. The molecule has 1 heterocycles. The fourth-order valence-electron chi connectivity index (χ4n) is 1.96. The highest BCUT2D eigenvalue weighted by molar-refractivity contribution is 9.09. The summed E-state index contributed by atoms with van der Waals surface area (Å²) >= 11 is 3.50. The minimum Gasteiger partial charge on any atom is -0.353 e. The van der Waals surface area contributed by atoms with Crippen LogP contribution in [0.15, 0.2) is 18.2 Å². The fourth-order valence-corrected chi connectivity index (χ4v) is 2.52. The second-order valence-electron chi connectivity index (χ2n) is 4.61. The molecule has 0 bridgehead atoms. The third kappa shape index (κ3) is 3.44. The lowest BCUT2D eigenvalue weighted by Crippen LogP contribution is -2.19. The Morgan fingerprint density at radius 1 is 1.53 bits per heavy atom. The van der Waals surface area contributed by atoms with E-state index in [4.69, 9.17) is 0 Å². The molecule has 19 heavy (non-hydrogen) atoms. The van der Waals surface area contributed by atoms with Crippen LogP contribution in [0.4, 0.5) is 11.6 Å². The highest BCUT2D eigenvalue weighted by Crippen LogP contribution is 2.21. The number of imidazole rings is 1. The van der Waals surface area contributed by atoms with Gasteiger partial charge in [0.25, 0.3) is 5.69 Å². The third-order valence-corrected chi connectivity index (χ3v) is 3.11. The summed E-state index contributed by atoms with van der Waals surface area (Å²) < 4.78 is 0. The van der Waals surface area contributed by atoms with Gasteiger partial charge in [0.05, 0.1) is 16.0 Å². The highest BCUT2D eigenvalue weighted by atomic mass is 79.9. The van der Waals surface area contributed by atoms with Gasteiger partial charge in [-0.15, -0.1) is 0 Å². The zero-order valence-electron chi connectivity index (χ0n) is 10.7. The van der Waals surface area contributed by atoms with E-state index in [1.807, 2.05) is 0 Å². The summed E-state index contributed by atoms with van der Waals surface area (Å²) in [4.78, 5) is 18.1. The molecule has 2 rings (SSSR count). The maximum atomic E-state index is 10.7. The predicted molar refractivity (Wildman–Crippen MR) is 78.8 cm³/mol. The van der Waals surface area contributed by atoms with Gasteiger partial charge in [-0.05, 0) is 19.4 Å². The monoisotopic (exact) mass is 326 g/mol. The Labute approximate surface area is 118 Å². The molecule has 0 aliphatic carbocycles. The third-order valence-electron chi connectivity index (χ3n) is 2.74. The summed E-state index contributed by atoms with van der Waals surface area (Å²) in [6.45, 7) is 4.15. The number of aromatic nitrogens is 2. The molecule has 0 saturated heterocycles. The first-order chi connectivity index (χ1) is 8.95. The summed E-state index contributed by atoms with van der Waals surface area (Å²) in [5.41, 5.74) is 1.44. The smallest absolute Gasteiger partial charge is 0.271 e. The van der Waals surface area contributed by atoms with E-state index in [1.165, 1.54) is 12.1 Å². The van der Waals surface area contributed by atoms with Crippen LogP contribution in [0.2, 0.25) is 0 Å². The normalized spacial score (nSPS) is 14.3. The summed E-state index contributed by atoms with van der Waals surface area (Å²) in [5, 5.41) is 13.9. The van der Waals surface area contributed by atoms with Gasteiger partial charge in [0.2, 0.25) is 5.95 Å². The van der Waals surface area contributed by atoms with Crippen LogP contribution >= 0.6 is 15.9 Å². The van der Waals surface area contributed by atoms with Crippen LogP contribution in [0.1, 0.15) is 20.3 Å². The van der Waals surface area contributed by atoms with Gasteiger partial charge in [-0.3, -0.25) is 10.1 Å². The zero-order valence-corrected chi connectivity index (χ0v) is 12.3. The summed E-state index contributed by atoms with van der Waals surface area (Å²) in [5.74, 6) is 0.635. The van der Waals surface area contributed by atoms with Crippen molar-refractivity contribution in [2.75, 3.05) is 5.32 Å². The molecule has 102 valence electrons. The SMILES string of the molecule is CC(Br)CC(C)Nc1nc2ccc([N+](=O)[O-])cc2[nH]1. The first-order valence-electron chi connectivity index (χ1n) is 6.00. The number of nitro benzene ring substituents is 1. The number of aromatic amines is 1. The maximum absolute atomic E-state index is 10.7. The Morgan fingerprint density at radius 3 is 2.89 bits per heavy atom. The van der Waals surface area contributed by atoms with Crippen molar-refractivity contribution in [3.63, 3.8) is 0 Å². The molecule has 6 nitrogen and oxygen atoms in total. The van der Waals surface area contributed by atoms with Crippen molar-refractivity contribution in [3.05, 3.63) is 28.3 Å². The lowest BCUT2D eigenvalue weighted by atomic mass is 10.2. The number of nitrogens with zero attached hydrogens (tertiary/aromatic N) is 2. The van der Waals surface area contributed by atoms with Gasteiger partial charge in [0.15, 0.2) is 0 Å². The van der Waals surface area contributed by atoms with E-state index in [9.17, 15) is 10.1 Å². The Morgan fingerprint density at radius 2 is 2.26 bits per heavy atom. The number of rotatable bonds is 5. The van der Waals surface area contributed by atoms with E-state index in [2.05, 4.69) is 45.1 Å². The van der Waals surface area contributed by atoms with Crippen molar-refractivity contribution in [1.82, 2.24) is 9.97 Å². The van der Waals surface area contributed by atoms with E-state index in [-0.39, 0.29) is 11.7 Å². The first-order valence-corrected chi connectivity index (χ1v) is 6.92. The van der Waals surface area contributed by atoms with Crippen molar-refractivity contribution in [1.29, 1.82) is 0 Å². The minimum absolute atomic E-state index is 0.0600. The van der Waals surface area contributed by atoms with Gasteiger partial charge in [-0.1, -0.05) is 22.9 Å². The molecule has 2 N–H and O–H groups in total. The molecule has 2 atom stereocenters. The number of H-pyrrole nitrogens is 1. The summed E-state index contributed by atoms with van der Waals surface area (Å²) in [7, 11) is 0. The number of benzene rings is 1. The van der Waals surface area contributed by atoms with Crippen LogP contribution in [-0.4, -0.2) is 25.8 Å². The first kappa shape index (κ1) is 13.8. The Bertz CT molecular complexity index is 596. The van der Waals surface area contributed by atoms with Crippen LogP contribution < -0.4 is 5.32 Å². The average Bonchev–Trinajstić information content (AvgIpc) is 2.68. The van der Waals surface area contributed by atoms with Crippen molar-refractivity contribution in [3.8, 4) is 0 Å². The average molecular weight is 327 g/mol. The molecule has 0 aliphatic heterocycles. The Balaban J connectivity index is 2.19. The number of hydrogen-bond donors (Lipinski definition) is 2. The fraction of sp³-hybridized carbons (Fsp3) is 0.417. The number of fused-ring (bicyclic) bond motifs is 1. The van der Waals surface area contributed by atoms with E-state index in [1.54, 1.807) is 6.07 Å². The molecule has 0 aliphatic rings. The number of nitrogens with one attached hydrogen (secondary N) is 2. The van der Waals surface area contributed by atoms with Crippen molar-refractivity contribution in [2.24, 2.45) is 0 Å². The summed E-state index contributed by atoms with van der Waals surface area (Å²) in [6.07, 6.45) is 0.956. The molecule has 0 fully saturated rings. The number of alkyl halides is 1. The molecule has 1 aromatic carbocycles. The molecule has 7 heteroatoms. The van der Waals surface area contributed by atoms with Crippen molar-refractivity contribution < 1.29 is 4.92 Å². The van der Waals surface area contributed by atoms with E-state index >= 15 is 0 Å². The standard InChI is InChI=1S/C12H15BrN4O2/c1-7(13)5-8(2)14-12-15-10-4-3-9(17(18)19)6-11(10)16-12/h3-4,6-8H,5H2,1-2H3,(H2,14,15,16). The maximum Gasteiger partial charge on any atom is 0.271 e. The Hall–Kier alpha value is -1.63. The molecular weight excluding hydrogens is 312 g/mol. The minimum atomic E-state index is -0.414. The second-order valence-corrected chi connectivity index (χ2v) is 6.17. The quantitative estimate of drug-likeness (QED) is 0.500. The van der Waals surface area contributed by atoms with Gasteiger partial charge >= 0.3 is 0 Å². The predicted octanol–water partition coefficient (Wildman–Crippen LogP) is 3.45. The molecule has 0 amide bonds. The largest absolute Gasteiger partial charge is 0.353 e. The second kappa shape index (κ2) is 5.56. The lowest BCUT2D eigenvalue weighted by molar-refractivity contribution is -0.384. The van der Waals surface area contributed by atoms with Crippen molar-refractivity contribution in [2.45, 2.75) is 31.1 Å². The molecule has 0 spiro atoms. The van der Waals surface area contributed by atoms with Crippen LogP contribution in [0.25, 0.3) is 11.0 Å². The number of non-ortho nitro benzene ring substituents is 1. The van der Waals surface area contributed by atoms with Crippen LogP contribution in [-0.2, 0) is 0 Å². The molecule has 0 radical (unpaired) electrons. The molecule has 2 aromatic rings.